The average Bonchev–Trinajstić information content (AvgIpc) is 2.66. The van der Waals surface area contributed by atoms with Crippen LogP contribution in [0.4, 0.5) is 0 Å². The third-order valence-corrected chi connectivity index (χ3v) is 4.22. The van der Waals surface area contributed by atoms with E-state index in [0.717, 1.165) is 0 Å². The summed E-state index contributed by atoms with van der Waals surface area (Å²) in [5.41, 5.74) is 12.7. The molecule has 0 saturated carbocycles. The van der Waals surface area contributed by atoms with Crippen molar-refractivity contribution in [2.75, 3.05) is 0 Å². The van der Waals surface area contributed by atoms with Crippen LogP contribution in [0, 0.1) is 0 Å². The molecule has 4 N–H and O–H groups in total. The van der Waals surface area contributed by atoms with E-state index in [1.807, 2.05) is 6.07 Å². The third-order valence-electron chi connectivity index (χ3n) is 3.89. The first-order valence-corrected chi connectivity index (χ1v) is 8.15. The van der Waals surface area contributed by atoms with Gasteiger partial charge in [0.2, 0.25) is 0 Å². The van der Waals surface area contributed by atoms with Gasteiger partial charge in [0.25, 0.3) is 5.56 Å². The largest absolute Gasteiger partial charge is 0.451 e. The van der Waals surface area contributed by atoms with Crippen molar-refractivity contribution in [1.82, 2.24) is 9.55 Å². The quantitative estimate of drug-likeness (QED) is 0.720. The summed E-state index contributed by atoms with van der Waals surface area (Å²) in [5.74, 6) is 0.627. The minimum atomic E-state index is -0.350. The number of nitrogens with zero attached hydrogens (tertiary/aromatic N) is 2. The smallest absolute Gasteiger partial charge is 0.293 e. The van der Waals surface area contributed by atoms with E-state index >= 15 is 0 Å². The summed E-state index contributed by atoms with van der Waals surface area (Å²) in [6.45, 7) is 0. The maximum atomic E-state index is 12.7. The monoisotopic (exact) mass is 368 g/mol. The predicted molar refractivity (Wildman–Crippen MR) is 102 cm³/mol. The van der Waals surface area contributed by atoms with E-state index in [-0.39, 0.29) is 11.3 Å². The van der Waals surface area contributed by atoms with Crippen LogP contribution in [-0.2, 0) is 7.05 Å². The van der Waals surface area contributed by atoms with Gasteiger partial charge in [-0.05, 0) is 24.3 Å². The van der Waals surface area contributed by atoms with Gasteiger partial charge in [-0.2, -0.15) is 0 Å². The highest BCUT2D eigenvalue weighted by atomic mass is 35.5. The molecule has 0 fully saturated rings. The van der Waals surface area contributed by atoms with Crippen molar-refractivity contribution in [2.45, 2.75) is 0 Å². The van der Waals surface area contributed by atoms with E-state index < -0.39 is 0 Å². The predicted octanol–water partition coefficient (Wildman–Crippen LogP) is 1.04. The fraction of sp³-hybridized carbons (Fsp3) is 0.0526. The molecule has 26 heavy (non-hydrogen) atoms. The number of rotatable bonds is 3. The Kier molecular flexibility index (Phi) is 4.95. The Morgan fingerprint density at radius 1 is 1.23 bits per heavy atom. The standard InChI is InChI=1S/C19H17ClN4O2/c1-24-18(17(22)14-4-2-3-5-15(14)20)12(11-21)10-16(19(24)25)26-13-6-8-23-9-7-13/h2-11H,21-22H2,1H3/b12-11-,18-17+. The van der Waals surface area contributed by atoms with Crippen LogP contribution >= 0.6 is 11.6 Å². The highest BCUT2D eigenvalue weighted by molar-refractivity contribution is 6.32. The Morgan fingerprint density at radius 2 is 1.92 bits per heavy atom. The van der Waals surface area contributed by atoms with E-state index in [2.05, 4.69) is 4.98 Å². The summed E-state index contributed by atoms with van der Waals surface area (Å²) in [4.78, 5) is 16.7. The molecular formula is C19H17ClN4O2. The lowest BCUT2D eigenvalue weighted by Crippen LogP contribution is -2.45. The molecule has 132 valence electrons. The summed E-state index contributed by atoms with van der Waals surface area (Å²) in [7, 11) is 1.60. The lowest BCUT2D eigenvalue weighted by Gasteiger charge is -2.11. The first-order valence-electron chi connectivity index (χ1n) is 7.77. The number of benzene rings is 1. The molecule has 3 aromatic rings. The Balaban J connectivity index is 2.27. The minimum Gasteiger partial charge on any atom is -0.451 e. The number of ether oxygens (including phenoxy) is 1. The highest BCUT2D eigenvalue weighted by Crippen LogP contribution is 2.18. The van der Waals surface area contributed by atoms with Crippen LogP contribution in [0.15, 0.2) is 59.7 Å². The second kappa shape index (κ2) is 7.33. The van der Waals surface area contributed by atoms with Crippen molar-refractivity contribution >= 4 is 23.5 Å². The molecule has 0 bridgehead atoms. The van der Waals surface area contributed by atoms with E-state index in [1.165, 1.54) is 10.8 Å². The first kappa shape index (κ1) is 17.6. The van der Waals surface area contributed by atoms with Gasteiger partial charge in [0.1, 0.15) is 5.75 Å². The molecule has 0 saturated heterocycles. The van der Waals surface area contributed by atoms with Crippen LogP contribution in [0.5, 0.6) is 11.5 Å². The molecule has 2 heterocycles. The van der Waals surface area contributed by atoms with E-state index in [9.17, 15) is 4.79 Å². The lowest BCUT2D eigenvalue weighted by molar-refractivity contribution is 0.467. The molecule has 0 spiro atoms. The molecule has 7 heteroatoms. The fourth-order valence-corrected chi connectivity index (χ4v) is 2.85. The summed E-state index contributed by atoms with van der Waals surface area (Å²) in [5, 5.41) is 1.50. The van der Waals surface area contributed by atoms with Crippen molar-refractivity contribution in [1.29, 1.82) is 0 Å². The van der Waals surface area contributed by atoms with Gasteiger partial charge in [0.15, 0.2) is 5.75 Å². The molecule has 2 aromatic heterocycles. The number of aromatic nitrogens is 2. The molecule has 0 aliphatic carbocycles. The van der Waals surface area contributed by atoms with Crippen LogP contribution < -0.4 is 32.3 Å². The van der Waals surface area contributed by atoms with Crippen LogP contribution in [-0.4, -0.2) is 9.55 Å². The third kappa shape index (κ3) is 3.27. The zero-order chi connectivity index (χ0) is 18.7. The van der Waals surface area contributed by atoms with Gasteiger partial charge in [0, 0.05) is 41.4 Å². The van der Waals surface area contributed by atoms with Crippen LogP contribution in [0.2, 0.25) is 5.02 Å². The Labute approximate surface area is 154 Å². The molecule has 0 radical (unpaired) electrons. The van der Waals surface area contributed by atoms with Crippen molar-refractivity contribution in [3.05, 3.63) is 86.4 Å². The number of nitrogens with two attached hydrogens (primary N) is 2. The summed E-state index contributed by atoms with van der Waals surface area (Å²) >= 11 is 6.23. The molecule has 0 aliphatic rings. The second-order valence-electron chi connectivity index (χ2n) is 5.52. The van der Waals surface area contributed by atoms with Gasteiger partial charge in [0.05, 0.1) is 11.0 Å². The maximum Gasteiger partial charge on any atom is 0.293 e. The van der Waals surface area contributed by atoms with Gasteiger partial charge in [-0.1, -0.05) is 29.8 Å². The molecule has 3 rings (SSSR count). The van der Waals surface area contributed by atoms with Crippen LogP contribution in [0.1, 0.15) is 5.56 Å². The van der Waals surface area contributed by atoms with Crippen molar-refractivity contribution in [3.8, 4) is 11.5 Å². The molecule has 1 aromatic carbocycles. The molecule has 0 aliphatic heterocycles. The van der Waals surface area contributed by atoms with E-state index in [0.29, 0.717) is 32.6 Å². The maximum absolute atomic E-state index is 12.7. The zero-order valence-corrected chi connectivity index (χ0v) is 14.8. The average molecular weight is 369 g/mol. The van der Waals surface area contributed by atoms with Crippen molar-refractivity contribution in [2.24, 2.45) is 18.5 Å². The normalized spacial score (nSPS) is 12.8. The Bertz CT molecular complexity index is 1120. The summed E-state index contributed by atoms with van der Waals surface area (Å²) in [6.07, 6.45) is 4.53. The first-order chi connectivity index (χ1) is 12.5. The summed E-state index contributed by atoms with van der Waals surface area (Å²) < 4.78 is 7.07. The zero-order valence-electron chi connectivity index (χ0n) is 14.0. The number of pyridine rings is 2. The number of hydrogen-bond acceptors (Lipinski definition) is 5. The number of halogens is 1. The topological polar surface area (TPSA) is 96.2 Å². The Morgan fingerprint density at radius 3 is 2.58 bits per heavy atom. The van der Waals surface area contributed by atoms with Gasteiger partial charge in [-0.3, -0.25) is 9.78 Å². The van der Waals surface area contributed by atoms with Gasteiger partial charge in [-0.25, -0.2) is 0 Å². The molecule has 0 amide bonds. The number of hydrogen-bond donors (Lipinski definition) is 2. The minimum absolute atomic E-state index is 0.131. The van der Waals surface area contributed by atoms with Gasteiger partial charge >= 0.3 is 0 Å². The van der Waals surface area contributed by atoms with Gasteiger partial charge < -0.3 is 20.8 Å². The Hall–Kier alpha value is -3.25. The SMILES string of the molecule is Cn1c(=O)c(Oc2ccncc2)cc(=C/N)/c1=C(\N)c1ccccc1Cl. The second-order valence-corrected chi connectivity index (χ2v) is 5.93. The van der Waals surface area contributed by atoms with Gasteiger partial charge in [-0.15, -0.1) is 0 Å². The van der Waals surface area contributed by atoms with E-state index in [1.54, 1.807) is 55.8 Å². The lowest BCUT2D eigenvalue weighted by atomic mass is 10.1. The van der Waals surface area contributed by atoms with Crippen molar-refractivity contribution < 1.29 is 4.74 Å². The fourth-order valence-electron chi connectivity index (χ4n) is 2.61. The molecule has 0 unspecified atom stereocenters. The molecule has 0 atom stereocenters. The molecular weight excluding hydrogens is 352 g/mol. The molecule has 6 nitrogen and oxygen atoms in total. The summed E-state index contributed by atoms with van der Waals surface area (Å²) in [6, 6.07) is 12.0. The van der Waals surface area contributed by atoms with Crippen molar-refractivity contribution in [3.63, 3.8) is 0 Å². The highest BCUT2D eigenvalue weighted by Gasteiger charge is 2.11. The van der Waals surface area contributed by atoms with Crippen LogP contribution in [0.25, 0.3) is 11.9 Å². The van der Waals surface area contributed by atoms with E-state index in [4.69, 9.17) is 27.8 Å². The van der Waals surface area contributed by atoms with Crippen LogP contribution in [0.3, 0.4) is 0 Å².